The van der Waals surface area contributed by atoms with Gasteiger partial charge in [0.25, 0.3) is 0 Å². The molecule has 0 radical (unpaired) electrons. The molecule has 3 rings (SSSR count). The van der Waals surface area contributed by atoms with Crippen molar-refractivity contribution in [1.82, 2.24) is 9.80 Å². The van der Waals surface area contributed by atoms with Crippen molar-refractivity contribution in [1.29, 1.82) is 0 Å². The molecule has 2 aliphatic heterocycles. The summed E-state index contributed by atoms with van der Waals surface area (Å²) in [5.41, 5.74) is 1.34. The van der Waals surface area contributed by atoms with Crippen LogP contribution < -0.4 is 0 Å². The molecule has 2 amide bonds. The van der Waals surface area contributed by atoms with Crippen molar-refractivity contribution < 1.29 is 19.5 Å². The first-order chi connectivity index (χ1) is 11.8. The number of carbonyl (C=O) groups is 3. The lowest BCUT2D eigenvalue weighted by Crippen LogP contribution is -2.38. The molecule has 25 heavy (non-hydrogen) atoms. The molecule has 0 bridgehead atoms. The predicted octanol–water partition coefficient (Wildman–Crippen LogP) is 1.67. The van der Waals surface area contributed by atoms with Gasteiger partial charge in [0.1, 0.15) is 0 Å². The first-order valence-corrected chi connectivity index (χ1v) is 8.64. The van der Waals surface area contributed by atoms with E-state index in [1.165, 1.54) is 5.56 Å². The van der Waals surface area contributed by atoms with Crippen LogP contribution in [0, 0.1) is 18.3 Å². The highest BCUT2D eigenvalue weighted by atomic mass is 16.4. The molecule has 134 valence electrons. The lowest BCUT2D eigenvalue weighted by atomic mass is 9.90. The van der Waals surface area contributed by atoms with Crippen molar-refractivity contribution in [3.05, 3.63) is 35.4 Å². The number of carbonyl (C=O) groups excluding carboxylic acids is 2. The molecule has 0 saturated carbocycles. The third-order valence-electron chi connectivity index (χ3n) is 5.36. The molecule has 0 aromatic heterocycles. The summed E-state index contributed by atoms with van der Waals surface area (Å²) in [6.45, 7) is 5.28. The van der Waals surface area contributed by atoms with Gasteiger partial charge in [-0.25, -0.2) is 0 Å². The second-order valence-corrected chi connectivity index (χ2v) is 7.54. The third-order valence-corrected chi connectivity index (χ3v) is 5.36. The zero-order chi connectivity index (χ0) is 18.2. The molecule has 1 N–H and O–H groups in total. The number of hydrogen-bond donors (Lipinski definition) is 1. The normalized spacial score (nSPS) is 26.3. The van der Waals surface area contributed by atoms with Gasteiger partial charge >= 0.3 is 5.97 Å². The summed E-state index contributed by atoms with van der Waals surface area (Å²) < 4.78 is 0. The highest BCUT2D eigenvalue weighted by Crippen LogP contribution is 2.32. The fourth-order valence-electron chi connectivity index (χ4n) is 3.59. The Morgan fingerprint density at radius 1 is 1.28 bits per heavy atom. The van der Waals surface area contributed by atoms with Gasteiger partial charge in [0, 0.05) is 32.6 Å². The number of carboxylic acid groups (broad SMARTS) is 1. The van der Waals surface area contributed by atoms with Gasteiger partial charge in [-0.15, -0.1) is 0 Å². The minimum atomic E-state index is -0.875. The standard InChI is InChI=1S/C19H24N2O4/c1-13-3-5-14(6-4-13)10-21-11-15(9-16(21)22)17(23)20-8-7-19(2,12-20)18(24)25/h3-6,15H,7-12H2,1-2H3,(H,24,25)/t15-,19+/m1/s1. The Balaban J connectivity index is 1.61. The fourth-order valence-corrected chi connectivity index (χ4v) is 3.59. The van der Waals surface area contributed by atoms with Gasteiger partial charge in [-0.1, -0.05) is 29.8 Å². The second kappa shape index (κ2) is 6.50. The molecule has 6 heteroatoms. The molecule has 2 fully saturated rings. The number of hydrogen-bond acceptors (Lipinski definition) is 3. The SMILES string of the molecule is Cc1ccc(CN2C[C@H](C(=O)N3CC[C@](C)(C(=O)O)C3)CC2=O)cc1. The first kappa shape index (κ1) is 17.5. The van der Waals surface area contributed by atoms with Gasteiger partial charge in [0.2, 0.25) is 11.8 Å². The lowest BCUT2D eigenvalue weighted by Gasteiger charge is -2.23. The van der Waals surface area contributed by atoms with E-state index in [1.54, 1.807) is 16.7 Å². The van der Waals surface area contributed by atoms with Gasteiger partial charge in [-0.05, 0) is 25.8 Å². The van der Waals surface area contributed by atoms with E-state index in [9.17, 15) is 19.5 Å². The molecule has 2 saturated heterocycles. The number of aliphatic carboxylic acids is 1. The van der Waals surface area contributed by atoms with Crippen molar-refractivity contribution >= 4 is 17.8 Å². The predicted molar refractivity (Wildman–Crippen MR) is 91.6 cm³/mol. The summed E-state index contributed by atoms with van der Waals surface area (Å²) in [5, 5.41) is 9.30. The molecule has 0 unspecified atom stereocenters. The van der Waals surface area contributed by atoms with Crippen LogP contribution in [0.4, 0.5) is 0 Å². The van der Waals surface area contributed by atoms with E-state index >= 15 is 0 Å². The van der Waals surface area contributed by atoms with Crippen molar-refractivity contribution in [2.75, 3.05) is 19.6 Å². The summed E-state index contributed by atoms with van der Waals surface area (Å²) in [5.74, 6) is -1.34. The topological polar surface area (TPSA) is 77.9 Å². The van der Waals surface area contributed by atoms with Crippen LogP contribution in [-0.4, -0.2) is 52.3 Å². The number of likely N-dealkylation sites (tertiary alicyclic amines) is 2. The lowest BCUT2D eigenvalue weighted by molar-refractivity contribution is -0.147. The average Bonchev–Trinajstić information content (AvgIpc) is 3.14. The molecule has 2 aliphatic rings. The quantitative estimate of drug-likeness (QED) is 0.901. The van der Waals surface area contributed by atoms with E-state index in [4.69, 9.17) is 0 Å². The number of amides is 2. The van der Waals surface area contributed by atoms with Crippen LogP contribution in [0.15, 0.2) is 24.3 Å². The van der Waals surface area contributed by atoms with Gasteiger partial charge < -0.3 is 14.9 Å². The summed E-state index contributed by atoms with van der Waals surface area (Å²) in [6, 6.07) is 8.01. The van der Waals surface area contributed by atoms with Crippen LogP contribution in [0.3, 0.4) is 0 Å². The van der Waals surface area contributed by atoms with E-state index in [0.717, 1.165) is 5.56 Å². The zero-order valence-corrected chi connectivity index (χ0v) is 14.7. The van der Waals surface area contributed by atoms with E-state index in [2.05, 4.69) is 0 Å². The zero-order valence-electron chi connectivity index (χ0n) is 14.7. The maximum Gasteiger partial charge on any atom is 0.311 e. The molecular weight excluding hydrogens is 320 g/mol. The summed E-state index contributed by atoms with van der Waals surface area (Å²) >= 11 is 0. The number of carboxylic acids is 1. The maximum atomic E-state index is 12.7. The van der Waals surface area contributed by atoms with Gasteiger partial charge in [-0.3, -0.25) is 14.4 Å². The number of nitrogens with zero attached hydrogens (tertiary/aromatic N) is 2. The Hall–Kier alpha value is -2.37. The molecule has 0 aliphatic carbocycles. The summed E-state index contributed by atoms with van der Waals surface area (Å²) in [6.07, 6.45) is 0.673. The Labute approximate surface area is 147 Å². The van der Waals surface area contributed by atoms with Crippen LogP contribution in [0.5, 0.6) is 0 Å². The van der Waals surface area contributed by atoms with Crippen LogP contribution in [0.2, 0.25) is 0 Å². The first-order valence-electron chi connectivity index (χ1n) is 8.64. The highest BCUT2D eigenvalue weighted by Gasteiger charge is 2.45. The molecule has 2 atom stereocenters. The number of aryl methyl sites for hydroxylation is 1. The van der Waals surface area contributed by atoms with Gasteiger partial charge in [0.15, 0.2) is 0 Å². The Morgan fingerprint density at radius 3 is 2.56 bits per heavy atom. The van der Waals surface area contributed by atoms with Gasteiger partial charge in [-0.2, -0.15) is 0 Å². The van der Waals surface area contributed by atoms with E-state index in [1.807, 2.05) is 31.2 Å². The minimum Gasteiger partial charge on any atom is -0.481 e. The Bertz CT molecular complexity index is 700. The molecule has 6 nitrogen and oxygen atoms in total. The van der Waals surface area contributed by atoms with Gasteiger partial charge in [0.05, 0.1) is 11.3 Å². The molecular formula is C19H24N2O4. The van der Waals surface area contributed by atoms with Crippen LogP contribution >= 0.6 is 0 Å². The van der Waals surface area contributed by atoms with Crippen molar-refractivity contribution in [3.8, 4) is 0 Å². The summed E-state index contributed by atoms with van der Waals surface area (Å²) in [4.78, 5) is 39.7. The van der Waals surface area contributed by atoms with Crippen molar-refractivity contribution in [2.24, 2.45) is 11.3 Å². The van der Waals surface area contributed by atoms with E-state index in [-0.39, 0.29) is 30.7 Å². The Kier molecular flexibility index (Phi) is 4.54. The Morgan fingerprint density at radius 2 is 1.96 bits per heavy atom. The molecule has 2 heterocycles. The van der Waals surface area contributed by atoms with Crippen LogP contribution in [0.25, 0.3) is 0 Å². The third kappa shape index (κ3) is 3.52. The largest absolute Gasteiger partial charge is 0.481 e. The number of rotatable bonds is 4. The second-order valence-electron chi connectivity index (χ2n) is 7.54. The highest BCUT2D eigenvalue weighted by molar-refractivity contribution is 5.90. The maximum absolute atomic E-state index is 12.7. The van der Waals surface area contributed by atoms with Crippen molar-refractivity contribution in [2.45, 2.75) is 33.2 Å². The molecule has 0 spiro atoms. The van der Waals surface area contributed by atoms with Crippen molar-refractivity contribution in [3.63, 3.8) is 0 Å². The average molecular weight is 344 g/mol. The monoisotopic (exact) mass is 344 g/mol. The van der Waals surface area contributed by atoms with E-state index < -0.39 is 11.4 Å². The summed E-state index contributed by atoms with van der Waals surface area (Å²) in [7, 11) is 0. The molecule has 1 aromatic rings. The van der Waals surface area contributed by atoms with Crippen LogP contribution in [-0.2, 0) is 20.9 Å². The number of benzene rings is 1. The fraction of sp³-hybridized carbons (Fsp3) is 0.526. The van der Waals surface area contributed by atoms with Crippen LogP contribution in [0.1, 0.15) is 30.9 Å². The molecule has 1 aromatic carbocycles. The van der Waals surface area contributed by atoms with E-state index in [0.29, 0.717) is 26.1 Å². The minimum absolute atomic E-state index is 0.0147. The smallest absolute Gasteiger partial charge is 0.311 e.